The summed E-state index contributed by atoms with van der Waals surface area (Å²) in [6.07, 6.45) is 2.31. The molecule has 1 fully saturated rings. The number of carboxylic acids is 2. The molecule has 1 atom stereocenters. The number of ether oxygens (including phenoxy) is 1. The standard InChI is InChI=1S/C24H28N4O4.C4H4O4/c1-17(2)24(31)32-18(16-28-22(29)19-7-3-4-8-20(19)23(28)30)15-26-11-13-27(14-12-26)21-9-5-6-10-25-21;5-3(6)1-2-4(7)8/h3-10,17-18H,11-16H2,1-2H3;1-2H,(H,5,6)(H,7,8). The number of imide groups is 1. The fraction of sp³-hybridized carbons (Fsp3) is 0.357. The molecule has 40 heavy (non-hydrogen) atoms. The number of anilines is 1. The number of hydrogen-bond acceptors (Lipinski definition) is 9. The van der Waals surface area contributed by atoms with Gasteiger partial charge in [-0.3, -0.25) is 24.2 Å². The molecule has 2 aliphatic rings. The van der Waals surface area contributed by atoms with Crippen LogP contribution in [0, 0.1) is 5.92 Å². The Morgan fingerprint density at radius 3 is 1.90 bits per heavy atom. The van der Waals surface area contributed by atoms with Crippen LogP contribution in [0.25, 0.3) is 0 Å². The van der Waals surface area contributed by atoms with Gasteiger partial charge in [-0.1, -0.05) is 32.0 Å². The molecule has 0 bridgehead atoms. The summed E-state index contributed by atoms with van der Waals surface area (Å²) in [7, 11) is 0. The van der Waals surface area contributed by atoms with Gasteiger partial charge >= 0.3 is 17.9 Å². The summed E-state index contributed by atoms with van der Waals surface area (Å²) < 4.78 is 5.73. The number of fused-ring (bicyclic) bond motifs is 1. The number of aromatic nitrogens is 1. The number of pyridine rings is 1. The molecule has 1 unspecified atom stereocenters. The van der Waals surface area contributed by atoms with Crippen LogP contribution in [0.1, 0.15) is 34.6 Å². The van der Waals surface area contributed by atoms with Gasteiger partial charge in [-0.05, 0) is 24.3 Å². The Bertz CT molecular complexity index is 1200. The van der Waals surface area contributed by atoms with Gasteiger partial charge in [0.25, 0.3) is 11.8 Å². The highest BCUT2D eigenvalue weighted by molar-refractivity contribution is 6.21. The van der Waals surface area contributed by atoms with Gasteiger partial charge < -0.3 is 19.8 Å². The minimum atomic E-state index is -1.26. The highest BCUT2D eigenvalue weighted by Crippen LogP contribution is 2.23. The SMILES string of the molecule is CC(C)C(=O)OC(CN1CCN(c2ccccn2)CC1)CN1C(=O)c2ccccc2C1=O.O=C(O)C=CC(=O)O. The van der Waals surface area contributed by atoms with Crippen LogP contribution in [-0.4, -0.2) is 100 Å². The van der Waals surface area contributed by atoms with Crippen LogP contribution < -0.4 is 4.90 Å². The van der Waals surface area contributed by atoms with Crippen molar-refractivity contribution in [1.82, 2.24) is 14.8 Å². The van der Waals surface area contributed by atoms with Crippen LogP contribution in [-0.2, 0) is 19.1 Å². The summed E-state index contributed by atoms with van der Waals surface area (Å²) in [6, 6.07) is 12.6. The molecule has 2 N–H and O–H groups in total. The van der Waals surface area contributed by atoms with Gasteiger partial charge in [0, 0.05) is 51.1 Å². The van der Waals surface area contributed by atoms with Crippen LogP contribution in [0.4, 0.5) is 5.82 Å². The number of nitrogens with zero attached hydrogens (tertiary/aromatic N) is 4. The molecule has 0 saturated carbocycles. The van der Waals surface area contributed by atoms with Gasteiger partial charge in [0.15, 0.2) is 0 Å². The smallest absolute Gasteiger partial charge is 0.328 e. The molecule has 2 amide bonds. The summed E-state index contributed by atoms with van der Waals surface area (Å²) in [5.41, 5.74) is 0.797. The van der Waals surface area contributed by atoms with Crippen molar-refractivity contribution in [2.45, 2.75) is 20.0 Å². The van der Waals surface area contributed by atoms with Gasteiger partial charge in [-0.25, -0.2) is 14.6 Å². The minimum absolute atomic E-state index is 0.0469. The summed E-state index contributed by atoms with van der Waals surface area (Å²) in [4.78, 5) is 67.1. The van der Waals surface area contributed by atoms with E-state index in [-0.39, 0.29) is 30.2 Å². The second-order valence-electron chi connectivity index (χ2n) is 9.47. The molecular weight excluding hydrogens is 520 g/mol. The fourth-order valence-electron chi connectivity index (χ4n) is 4.17. The van der Waals surface area contributed by atoms with Crippen molar-refractivity contribution < 1.29 is 38.9 Å². The van der Waals surface area contributed by atoms with Crippen LogP contribution in [0.5, 0.6) is 0 Å². The number of aliphatic carboxylic acids is 2. The predicted octanol–water partition coefficient (Wildman–Crippen LogP) is 1.78. The van der Waals surface area contributed by atoms with E-state index < -0.39 is 18.0 Å². The van der Waals surface area contributed by atoms with E-state index in [0.29, 0.717) is 29.8 Å². The average molecular weight is 553 g/mol. The van der Waals surface area contributed by atoms with E-state index in [9.17, 15) is 24.0 Å². The number of benzene rings is 1. The van der Waals surface area contributed by atoms with Gasteiger partial charge in [0.05, 0.1) is 23.6 Å². The zero-order valence-electron chi connectivity index (χ0n) is 22.3. The number of esters is 1. The number of carboxylic acid groups (broad SMARTS) is 2. The van der Waals surface area contributed by atoms with E-state index in [4.69, 9.17) is 14.9 Å². The summed E-state index contributed by atoms with van der Waals surface area (Å²) in [5.74, 6) is -2.87. The molecule has 0 spiro atoms. The van der Waals surface area contributed by atoms with Crippen molar-refractivity contribution in [3.63, 3.8) is 0 Å². The lowest BCUT2D eigenvalue weighted by Gasteiger charge is -2.37. The minimum Gasteiger partial charge on any atom is -0.478 e. The molecule has 12 heteroatoms. The summed E-state index contributed by atoms with van der Waals surface area (Å²) >= 11 is 0. The number of piperazine rings is 1. The quantitative estimate of drug-likeness (QED) is 0.265. The van der Waals surface area contributed by atoms with Crippen LogP contribution in [0.3, 0.4) is 0 Å². The molecule has 3 heterocycles. The number of amides is 2. The molecule has 12 nitrogen and oxygen atoms in total. The van der Waals surface area contributed by atoms with E-state index >= 15 is 0 Å². The lowest BCUT2D eigenvalue weighted by Crippen LogP contribution is -2.51. The first-order valence-corrected chi connectivity index (χ1v) is 12.7. The van der Waals surface area contributed by atoms with Crippen molar-refractivity contribution in [1.29, 1.82) is 0 Å². The Morgan fingerprint density at radius 2 is 1.43 bits per heavy atom. The van der Waals surface area contributed by atoms with Gasteiger partial charge in [0.2, 0.25) is 0 Å². The first-order chi connectivity index (χ1) is 19.1. The third-order valence-corrected chi connectivity index (χ3v) is 6.19. The Morgan fingerprint density at radius 1 is 0.875 bits per heavy atom. The maximum absolute atomic E-state index is 12.8. The maximum atomic E-state index is 12.8. The van der Waals surface area contributed by atoms with Crippen molar-refractivity contribution in [3.05, 3.63) is 71.9 Å². The number of carbonyl (C=O) groups is 5. The van der Waals surface area contributed by atoms with E-state index in [1.54, 1.807) is 44.3 Å². The fourth-order valence-corrected chi connectivity index (χ4v) is 4.17. The molecule has 4 rings (SSSR count). The third kappa shape index (κ3) is 8.21. The van der Waals surface area contributed by atoms with Crippen molar-refractivity contribution in [2.75, 3.05) is 44.2 Å². The molecule has 2 aliphatic heterocycles. The molecule has 0 aliphatic carbocycles. The van der Waals surface area contributed by atoms with Crippen molar-refractivity contribution >= 4 is 35.5 Å². The Labute approximate surface area is 231 Å². The summed E-state index contributed by atoms with van der Waals surface area (Å²) in [5, 5.41) is 15.6. The number of rotatable bonds is 9. The maximum Gasteiger partial charge on any atom is 0.328 e. The lowest BCUT2D eigenvalue weighted by molar-refractivity contribution is -0.154. The molecule has 1 aromatic carbocycles. The zero-order chi connectivity index (χ0) is 29.2. The van der Waals surface area contributed by atoms with Crippen molar-refractivity contribution in [2.24, 2.45) is 5.92 Å². The highest BCUT2D eigenvalue weighted by Gasteiger charge is 2.38. The van der Waals surface area contributed by atoms with E-state index in [1.807, 2.05) is 18.2 Å². The average Bonchev–Trinajstić information content (AvgIpc) is 3.18. The predicted molar refractivity (Wildman–Crippen MR) is 144 cm³/mol. The second kappa shape index (κ2) is 14.0. The van der Waals surface area contributed by atoms with E-state index in [2.05, 4.69) is 14.8 Å². The Balaban J connectivity index is 0.000000482. The molecule has 212 valence electrons. The Kier molecular flexibility index (Phi) is 10.5. The van der Waals surface area contributed by atoms with Gasteiger partial charge in [-0.15, -0.1) is 0 Å². The topological polar surface area (TPSA) is 158 Å². The summed E-state index contributed by atoms with van der Waals surface area (Å²) in [6.45, 7) is 7.19. The molecule has 1 aromatic heterocycles. The van der Waals surface area contributed by atoms with E-state index in [1.165, 1.54) is 4.90 Å². The number of hydrogen-bond donors (Lipinski definition) is 2. The lowest BCUT2D eigenvalue weighted by atomic mass is 10.1. The highest BCUT2D eigenvalue weighted by atomic mass is 16.5. The van der Waals surface area contributed by atoms with Gasteiger partial charge in [0.1, 0.15) is 11.9 Å². The van der Waals surface area contributed by atoms with Gasteiger partial charge in [-0.2, -0.15) is 0 Å². The monoisotopic (exact) mass is 552 g/mol. The second-order valence-corrected chi connectivity index (χ2v) is 9.47. The molecule has 0 radical (unpaired) electrons. The van der Waals surface area contributed by atoms with Crippen LogP contribution in [0.2, 0.25) is 0 Å². The molecular formula is C28H32N4O8. The number of carbonyl (C=O) groups excluding carboxylic acids is 3. The molecule has 2 aromatic rings. The largest absolute Gasteiger partial charge is 0.478 e. The third-order valence-electron chi connectivity index (χ3n) is 6.19. The van der Waals surface area contributed by atoms with Crippen LogP contribution >= 0.6 is 0 Å². The zero-order valence-corrected chi connectivity index (χ0v) is 22.3. The Hall–Kier alpha value is -4.58. The van der Waals surface area contributed by atoms with E-state index in [0.717, 1.165) is 32.0 Å². The van der Waals surface area contributed by atoms with Crippen molar-refractivity contribution in [3.8, 4) is 0 Å². The van der Waals surface area contributed by atoms with Crippen LogP contribution in [0.15, 0.2) is 60.8 Å². The normalized spacial score (nSPS) is 16.0. The first kappa shape index (κ1) is 30.0. The molecule has 1 saturated heterocycles. The first-order valence-electron chi connectivity index (χ1n) is 12.7.